The summed E-state index contributed by atoms with van der Waals surface area (Å²) in [5, 5.41) is 10.4. The second-order valence-corrected chi connectivity index (χ2v) is 3.48. The number of hydrogen-bond acceptors (Lipinski definition) is 3. The highest BCUT2D eigenvalue weighted by molar-refractivity contribution is 7.12. The molecule has 0 unspecified atom stereocenters. The van der Waals surface area contributed by atoms with Crippen LogP contribution >= 0.6 is 11.3 Å². The van der Waals surface area contributed by atoms with Crippen molar-refractivity contribution in [1.29, 1.82) is 0 Å². The fourth-order valence-electron chi connectivity index (χ4n) is 0.893. The summed E-state index contributed by atoms with van der Waals surface area (Å²) in [7, 11) is 0. The van der Waals surface area contributed by atoms with Crippen molar-refractivity contribution >= 4 is 17.3 Å². The van der Waals surface area contributed by atoms with Crippen LogP contribution in [0.2, 0.25) is 0 Å². The number of carboxylic acid groups (broad SMARTS) is 1. The lowest BCUT2D eigenvalue weighted by Crippen LogP contribution is -2.07. The normalized spacial score (nSPS) is 12.8. The maximum Gasteiger partial charge on any atom is 0.345 e. The molecule has 0 aliphatic carbocycles. The summed E-state index contributed by atoms with van der Waals surface area (Å²) in [6.07, 6.45) is 0.829. The maximum atomic E-state index is 10.5. The Labute approximate surface area is 74.8 Å². The zero-order valence-corrected chi connectivity index (χ0v) is 7.60. The van der Waals surface area contributed by atoms with E-state index in [0.29, 0.717) is 4.88 Å². The first-order valence-electron chi connectivity index (χ1n) is 3.72. The van der Waals surface area contributed by atoms with Gasteiger partial charge in [-0.1, -0.05) is 6.92 Å². The average Bonchev–Trinajstić information content (AvgIpc) is 2.51. The molecule has 4 heteroatoms. The topological polar surface area (TPSA) is 63.3 Å². The number of thiophene rings is 1. The first-order valence-corrected chi connectivity index (χ1v) is 4.60. The van der Waals surface area contributed by atoms with Gasteiger partial charge in [0.2, 0.25) is 0 Å². The molecule has 3 N–H and O–H groups in total. The molecule has 1 rings (SSSR count). The van der Waals surface area contributed by atoms with Crippen LogP contribution in [0.5, 0.6) is 0 Å². The van der Waals surface area contributed by atoms with Crippen LogP contribution in [0.15, 0.2) is 11.4 Å². The van der Waals surface area contributed by atoms with Crippen molar-refractivity contribution in [3.05, 3.63) is 21.9 Å². The van der Waals surface area contributed by atoms with Crippen molar-refractivity contribution in [3.63, 3.8) is 0 Å². The van der Waals surface area contributed by atoms with E-state index in [-0.39, 0.29) is 6.04 Å². The molecule has 0 spiro atoms. The van der Waals surface area contributed by atoms with Gasteiger partial charge in [0.05, 0.1) is 0 Å². The van der Waals surface area contributed by atoms with Gasteiger partial charge in [-0.25, -0.2) is 4.79 Å². The molecule has 0 saturated heterocycles. The van der Waals surface area contributed by atoms with E-state index in [0.717, 1.165) is 12.0 Å². The highest BCUT2D eigenvalue weighted by Gasteiger charge is 2.10. The molecule has 1 aromatic heterocycles. The van der Waals surface area contributed by atoms with Gasteiger partial charge in [-0.15, -0.1) is 11.3 Å². The summed E-state index contributed by atoms with van der Waals surface area (Å²) in [6, 6.07) is 1.61. The third kappa shape index (κ3) is 1.84. The zero-order chi connectivity index (χ0) is 9.14. The molecule has 1 heterocycles. The second-order valence-electron chi connectivity index (χ2n) is 2.56. The predicted molar refractivity (Wildman–Crippen MR) is 48.5 cm³/mol. The summed E-state index contributed by atoms with van der Waals surface area (Å²) in [5.41, 5.74) is 6.64. The summed E-state index contributed by atoms with van der Waals surface area (Å²) in [4.78, 5) is 10.9. The van der Waals surface area contributed by atoms with Crippen molar-refractivity contribution in [1.82, 2.24) is 0 Å². The minimum Gasteiger partial charge on any atom is -0.477 e. The molecule has 12 heavy (non-hydrogen) atoms. The van der Waals surface area contributed by atoms with E-state index < -0.39 is 5.97 Å². The van der Waals surface area contributed by atoms with Crippen LogP contribution in [0.1, 0.15) is 34.6 Å². The first kappa shape index (κ1) is 9.22. The van der Waals surface area contributed by atoms with Crippen molar-refractivity contribution in [2.75, 3.05) is 0 Å². The molecule has 0 fully saturated rings. The van der Waals surface area contributed by atoms with Gasteiger partial charge in [0.15, 0.2) is 0 Å². The molecule has 66 valence electrons. The Morgan fingerprint density at radius 3 is 2.92 bits per heavy atom. The Hall–Kier alpha value is -0.870. The van der Waals surface area contributed by atoms with E-state index >= 15 is 0 Å². The number of rotatable bonds is 3. The van der Waals surface area contributed by atoms with Gasteiger partial charge in [-0.3, -0.25) is 0 Å². The highest BCUT2D eigenvalue weighted by Crippen LogP contribution is 2.21. The molecule has 3 nitrogen and oxygen atoms in total. The largest absolute Gasteiger partial charge is 0.477 e. The number of nitrogens with two attached hydrogens (primary N) is 1. The number of carboxylic acids is 1. The summed E-state index contributed by atoms with van der Waals surface area (Å²) >= 11 is 1.22. The van der Waals surface area contributed by atoms with Crippen molar-refractivity contribution in [3.8, 4) is 0 Å². The second kappa shape index (κ2) is 3.69. The Morgan fingerprint density at radius 1 is 1.83 bits per heavy atom. The van der Waals surface area contributed by atoms with Crippen molar-refractivity contribution in [2.24, 2.45) is 5.73 Å². The van der Waals surface area contributed by atoms with Gasteiger partial charge in [0.25, 0.3) is 0 Å². The first-order chi connectivity index (χ1) is 5.65. The molecule has 0 aliphatic rings. The molecule has 1 atom stereocenters. The van der Waals surface area contributed by atoms with Gasteiger partial charge in [-0.05, 0) is 23.4 Å². The van der Waals surface area contributed by atoms with Gasteiger partial charge in [-0.2, -0.15) is 0 Å². The molecule has 0 bridgehead atoms. The van der Waals surface area contributed by atoms with E-state index in [1.165, 1.54) is 11.3 Å². The average molecular weight is 185 g/mol. The van der Waals surface area contributed by atoms with Crippen LogP contribution in [-0.4, -0.2) is 11.1 Å². The van der Waals surface area contributed by atoms with Gasteiger partial charge >= 0.3 is 5.97 Å². The number of carbonyl (C=O) groups is 1. The van der Waals surface area contributed by atoms with Crippen molar-refractivity contribution < 1.29 is 9.90 Å². The van der Waals surface area contributed by atoms with Crippen LogP contribution in [-0.2, 0) is 0 Å². The fraction of sp³-hybridized carbons (Fsp3) is 0.375. The Morgan fingerprint density at radius 2 is 2.50 bits per heavy atom. The van der Waals surface area contributed by atoms with E-state index in [1.807, 2.05) is 6.92 Å². The summed E-state index contributed by atoms with van der Waals surface area (Å²) < 4.78 is 0. The van der Waals surface area contributed by atoms with Gasteiger partial charge in [0, 0.05) is 6.04 Å². The predicted octanol–water partition coefficient (Wildman–Crippen LogP) is 1.86. The molecule has 0 amide bonds. The third-order valence-electron chi connectivity index (χ3n) is 1.70. The van der Waals surface area contributed by atoms with E-state index in [1.54, 1.807) is 11.4 Å². The molecule has 0 radical (unpaired) electrons. The molecule has 0 aromatic carbocycles. The van der Waals surface area contributed by atoms with Crippen LogP contribution in [0.25, 0.3) is 0 Å². The van der Waals surface area contributed by atoms with Gasteiger partial charge in [0.1, 0.15) is 4.88 Å². The lowest BCUT2D eigenvalue weighted by molar-refractivity contribution is 0.0702. The maximum absolute atomic E-state index is 10.5. The molecular weight excluding hydrogens is 174 g/mol. The third-order valence-corrected chi connectivity index (χ3v) is 2.63. The standard InChI is InChI=1S/C8H11NO2S/c1-2-6(9)5-3-7(8(10)11)12-4-5/h3-4,6H,2,9H2,1H3,(H,10,11)/t6-/m1/s1. The highest BCUT2D eigenvalue weighted by atomic mass is 32.1. The Kier molecular flexibility index (Phi) is 2.83. The molecular formula is C8H11NO2S. The smallest absolute Gasteiger partial charge is 0.345 e. The summed E-state index contributed by atoms with van der Waals surface area (Å²) in [5.74, 6) is -0.880. The lowest BCUT2D eigenvalue weighted by atomic mass is 10.1. The SMILES string of the molecule is CC[C@@H](N)c1csc(C(=O)O)c1. The molecule has 0 aliphatic heterocycles. The van der Waals surface area contributed by atoms with E-state index in [4.69, 9.17) is 10.8 Å². The molecule has 1 aromatic rings. The Bertz CT molecular complexity index is 282. The van der Waals surface area contributed by atoms with Crippen LogP contribution < -0.4 is 5.73 Å². The number of aromatic carboxylic acids is 1. The Balaban J connectivity index is 2.84. The zero-order valence-electron chi connectivity index (χ0n) is 6.78. The van der Waals surface area contributed by atoms with E-state index in [9.17, 15) is 4.79 Å². The van der Waals surface area contributed by atoms with Crippen LogP contribution in [0.4, 0.5) is 0 Å². The minimum atomic E-state index is -0.880. The van der Waals surface area contributed by atoms with Crippen LogP contribution in [0.3, 0.4) is 0 Å². The molecule has 0 saturated carbocycles. The van der Waals surface area contributed by atoms with Crippen LogP contribution in [0, 0.1) is 0 Å². The van der Waals surface area contributed by atoms with Crippen molar-refractivity contribution in [2.45, 2.75) is 19.4 Å². The number of hydrogen-bond donors (Lipinski definition) is 2. The monoisotopic (exact) mass is 185 g/mol. The fourth-order valence-corrected chi connectivity index (χ4v) is 1.70. The van der Waals surface area contributed by atoms with Gasteiger partial charge < -0.3 is 10.8 Å². The minimum absolute atomic E-state index is 0.0330. The summed E-state index contributed by atoms with van der Waals surface area (Å²) in [6.45, 7) is 1.97. The lowest BCUT2D eigenvalue weighted by Gasteiger charge is -2.03. The van der Waals surface area contributed by atoms with E-state index in [2.05, 4.69) is 0 Å². The quantitative estimate of drug-likeness (QED) is 0.755.